The summed E-state index contributed by atoms with van der Waals surface area (Å²) in [5.41, 5.74) is 6.33. The minimum atomic E-state index is -0.423. The Labute approximate surface area is 107 Å². The molecule has 1 heterocycles. The normalized spacial score (nSPS) is 16.8. The lowest BCUT2D eigenvalue weighted by Gasteiger charge is -2.25. The highest BCUT2D eigenvalue weighted by atomic mass is 16.5. The van der Waals surface area contributed by atoms with E-state index in [9.17, 15) is 4.79 Å². The van der Waals surface area contributed by atoms with Gasteiger partial charge in [-0.15, -0.1) is 0 Å². The number of hydrogen-bond donors (Lipinski definition) is 1. The zero-order valence-corrected chi connectivity index (χ0v) is 11.1. The number of nitrogen functional groups attached to an aromatic ring is 1. The van der Waals surface area contributed by atoms with Gasteiger partial charge in [-0.05, 0) is 26.7 Å². The first-order valence-electron chi connectivity index (χ1n) is 6.66. The fraction of sp³-hybridized carbons (Fsp3) is 0.692. The van der Waals surface area contributed by atoms with Crippen LogP contribution in [0.1, 0.15) is 61.4 Å². The van der Waals surface area contributed by atoms with E-state index in [1.165, 1.54) is 19.3 Å². The van der Waals surface area contributed by atoms with Crippen LogP contribution in [0, 0.1) is 6.92 Å². The van der Waals surface area contributed by atoms with Crippen molar-refractivity contribution in [2.24, 2.45) is 0 Å². The Balaban J connectivity index is 2.28. The lowest BCUT2D eigenvalue weighted by molar-refractivity contribution is 0.0521. The second kappa shape index (κ2) is 5.42. The van der Waals surface area contributed by atoms with Crippen molar-refractivity contribution < 1.29 is 9.53 Å². The maximum atomic E-state index is 11.7. The van der Waals surface area contributed by atoms with E-state index in [1.54, 1.807) is 6.92 Å². The third-order valence-electron chi connectivity index (χ3n) is 3.53. The van der Waals surface area contributed by atoms with Gasteiger partial charge in [-0.2, -0.15) is 0 Å². The lowest BCUT2D eigenvalue weighted by Crippen LogP contribution is -2.17. The minimum absolute atomic E-state index is 0.264. The van der Waals surface area contributed by atoms with E-state index in [-0.39, 0.29) is 5.69 Å². The third kappa shape index (κ3) is 2.35. The second-order valence-electron chi connectivity index (χ2n) is 4.78. The molecule has 1 aromatic rings. The molecule has 0 aromatic carbocycles. The SMILES string of the molecule is CCOC(=O)c1nc(C)n(C2CCCCC2)c1N. The Morgan fingerprint density at radius 3 is 2.72 bits per heavy atom. The Bertz CT molecular complexity index is 434. The van der Waals surface area contributed by atoms with Crippen LogP contribution >= 0.6 is 0 Å². The van der Waals surface area contributed by atoms with E-state index < -0.39 is 5.97 Å². The van der Waals surface area contributed by atoms with Crippen molar-refractivity contribution in [1.29, 1.82) is 0 Å². The zero-order chi connectivity index (χ0) is 13.1. The fourth-order valence-electron chi connectivity index (χ4n) is 2.71. The van der Waals surface area contributed by atoms with Gasteiger partial charge in [0.1, 0.15) is 11.6 Å². The molecule has 5 heteroatoms. The summed E-state index contributed by atoms with van der Waals surface area (Å²) in [7, 11) is 0. The highest BCUT2D eigenvalue weighted by Gasteiger charge is 2.25. The molecule has 1 aliphatic carbocycles. The predicted octanol–water partition coefficient (Wildman–Crippen LogP) is 2.46. The van der Waals surface area contributed by atoms with Crippen LogP contribution in [0.15, 0.2) is 0 Å². The van der Waals surface area contributed by atoms with Crippen LogP contribution < -0.4 is 5.73 Å². The molecule has 18 heavy (non-hydrogen) atoms. The number of nitrogens with two attached hydrogens (primary N) is 1. The molecule has 2 rings (SSSR count). The quantitative estimate of drug-likeness (QED) is 0.838. The van der Waals surface area contributed by atoms with Crippen molar-refractivity contribution in [2.75, 3.05) is 12.3 Å². The molecule has 0 atom stereocenters. The van der Waals surface area contributed by atoms with E-state index in [2.05, 4.69) is 4.98 Å². The van der Waals surface area contributed by atoms with Gasteiger partial charge in [0, 0.05) is 6.04 Å². The van der Waals surface area contributed by atoms with Crippen molar-refractivity contribution in [2.45, 2.75) is 52.0 Å². The third-order valence-corrected chi connectivity index (χ3v) is 3.53. The molecule has 0 amide bonds. The first-order chi connectivity index (χ1) is 8.65. The highest BCUT2D eigenvalue weighted by molar-refractivity contribution is 5.92. The van der Waals surface area contributed by atoms with E-state index in [1.807, 2.05) is 11.5 Å². The van der Waals surface area contributed by atoms with E-state index in [0.717, 1.165) is 18.7 Å². The number of aryl methyl sites for hydroxylation is 1. The molecular weight excluding hydrogens is 230 g/mol. The lowest BCUT2D eigenvalue weighted by atomic mass is 9.95. The largest absolute Gasteiger partial charge is 0.461 e. The van der Waals surface area contributed by atoms with Gasteiger partial charge in [0.05, 0.1) is 6.61 Å². The van der Waals surface area contributed by atoms with Crippen LogP contribution in [0.4, 0.5) is 5.82 Å². The molecule has 0 radical (unpaired) electrons. The van der Waals surface area contributed by atoms with Gasteiger partial charge in [-0.1, -0.05) is 19.3 Å². The summed E-state index contributed by atoms with van der Waals surface area (Å²) in [6.45, 7) is 4.01. The number of hydrogen-bond acceptors (Lipinski definition) is 4. The molecular formula is C13H21N3O2. The first kappa shape index (κ1) is 12.9. The van der Waals surface area contributed by atoms with Gasteiger partial charge in [0.2, 0.25) is 0 Å². The van der Waals surface area contributed by atoms with Crippen molar-refractivity contribution in [3.05, 3.63) is 11.5 Å². The summed E-state index contributed by atoms with van der Waals surface area (Å²) in [6, 6.07) is 0.384. The van der Waals surface area contributed by atoms with Gasteiger partial charge < -0.3 is 15.0 Å². The number of nitrogens with zero attached hydrogens (tertiary/aromatic N) is 2. The van der Waals surface area contributed by atoms with E-state index in [4.69, 9.17) is 10.5 Å². The Morgan fingerprint density at radius 2 is 2.11 bits per heavy atom. The van der Waals surface area contributed by atoms with Crippen molar-refractivity contribution >= 4 is 11.8 Å². The molecule has 5 nitrogen and oxygen atoms in total. The molecule has 0 spiro atoms. The van der Waals surface area contributed by atoms with Gasteiger partial charge >= 0.3 is 5.97 Å². The van der Waals surface area contributed by atoms with Gasteiger partial charge in [-0.25, -0.2) is 9.78 Å². The predicted molar refractivity (Wildman–Crippen MR) is 69.5 cm³/mol. The van der Waals surface area contributed by atoms with E-state index >= 15 is 0 Å². The van der Waals surface area contributed by atoms with Crippen LogP contribution in [-0.4, -0.2) is 22.1 Å². The van der Waals surface area contributed by atoms with Crippen LogP contribution in [-0.2, 0) is 4.74 Å². The maximum absolute atomic E-state index is 11.7. The van der Waals surface area contributed by atoms with Crippen molar-refractivity contribution in [3.63, 3.8) is 0 Å². The zero-order valence-electron chi connectivity index (χ0n) is 11.1. The van der Waals surface area contributed by atoms with Gasteiger partial charge in [-0.3, -0.25) is 0 Å². The number of esters is 1. The molecule has 1 aliphatic rings. The molecule has 2 N–H and O–H groups in total. The number of ether oxygens (including phenoxy) is 1. The Kier molecular flexibility index (Phi) is 3.89. The first-order valence-corrected chi connectivity index (χ1v) is 6.66. The summed E-state index contributed by atoms with van der Waals surface area (Å²) in [6.07, 6.45) is 5.95. The molecule has 1 saturated carbocycles. The minimum Gasteiger partial charge on any atom is -0.461 e. The molecule has 0 aliphatic heterocycles. The topological polar surface area (TPSA) is 70.1 Å². The van der Waals surface area contributed by atoms with Crippen LogP contribution in [0.2, 0.25) is 0 Å². The Morgan fingerprint density at radius 1 is 1.44 bits per heavy atom. The molecule has 1 aromatic heterocycles. The van der Waals surface area contributed by atoms with Crippen molar-refractivity contribution in [3.8, 4) is 0 Å². The molecule has 1 fully saturated rings. The molecule has 100 valence electrons. The number of carbonyl (C=O) groups is 1. The van der Waals surface area contributed by atoms with Crippen LogP contribution in [0.5, 0.6) is 0 Å². The number of carbonyl (C=O) groups excluding carboxylic acids is 1. The summed E-state index contributed by atoms with van der Waals surface area (Å²) < 4.78 is 6.98. The Hall–Kier alpha value is -1.52. The van der Waals surface area contributed by atoms with Gasteiger partial charge in [0.25, 0.3) is 0 Å². The van der Waals surface area contributed by atoms with Gasteiger partial charge in [0.15, 0.2) is 5.69 Å². The second-order valence-corrected chi connectivity index (χ2v) is 4.78. The van der Waals surface area contributed by atoms with Crippen LogP contribution in [0.3, 0.4) is 0 Å². The molecule has 0 unspecified atom stereocenters. The maximum Gasteiger partial charge on any atom is 0.360 e. The average molecular weight is 251 g/mol. The smallest absolute Gasteiger partial charge is 0.360 e. The summed E-state index contributed by atoms with van der Waals surface area (Å²) in [4.78, 5) is 16.0. The fourth-order valence-corrected chi connectivity index (χ4v) is 2.71. The highest BCUT2D eigenvalue weighted by Crippen LogP contribution is 2.32. The summed E-state index contributed by atoms with van der Waals surface area (Å²) in [5.74, 6) is 0.841. The monoisotopic (exact) mass is 251 g/mol. The average Bonchev–Trinajstić information content (AvgIpc) is 2.66. The van der Waals surface area contributed by atoms with Crippen molar-refractivity contribution in [1.82, 2.24) is 9.55 Å². The molecule has 0 bridgehead atoms. The van der Waals surface area contributed by atoms with E-state index in [0.29, 0.717) is 18.5 Å². The number of imidazole rings is 1. The number of rotatable bonds is 3. The standard InChI is InChI=1S/C13H21N3O2/c1-3-18-13(17)11-12(14)16(9(2)15-11)10-7-5-4-6-8-10/h10H,3-8,14H2,1-2H3. The van der Waals surface area contributed by atoms with Crippen LogP contribution in [0.25, 0.3) is 0 Å². The number of anilines is 1. The summed E-state index contributed by atoms with van der Waals surface area (Å²) >= 11 is 0. The number of aromatic nitrogens is 2. The summed E-state index contributed by atoms with van der Waals surface area (Å²) in [5, 5.41) is 0. The molecule has 0 saturated heterocycles.